The Balaban J connectivity index is 1.83. The van der Waals surface area contributed by atoms with Crippen molar-refractivity contribution in [1.82, 2.24) is 0 Å². The molecule has 0 radical (unpaired) electrons. The van der Waals surface area contributed by atoms with E-state index in [-0.39, 0.29) is 24.4 Å². The van der Waals surface area contributed by atoms with Crippen LogP contribution < -0.4 is 14.4 Å². The number of carboxylic acid groups (broad SMARTS) is 1. The van der Waals surface area contributed by atoms with Gasteiger partial charge < -0.3 is 19.5 Å². The number of carboxylic acids is 1. The van der Waals surface area contributed by atoms with Gasteiger partial charge in [0, 0.05) is 27.6 Å². The second-order valence-electron chi connectivity index (χ2n) is 8.65. The number of rotatable bonds is 10. The average molecular weight is 480 g/mol. The number of carbonyl (C=O) groups is 2. The van der Waals surface area contributed by atoms with Gasteiger partial charge in [-0.3, -0.25) is 9.59 Å². The van der Waals surface area contributed by atoms with Crippen LogP contribution in [-0.4, -0.2) is 30.2 Å². The largest absolute Gasteiger partial charge is 0.493 e. The Morgan fingerprint density at radius 3 is 2.23 bits per heavy atom. The Hall–Kier alpha value is -3.61. The number of ether oxygens (including phenoxy) is 2. The van der Waals surface area contributed by atoms with Gasteiger partial charge in [0.05, 0.1) is 31.2 Å². The molecule has 184 valence electrons. The monoisotopic (exact) mass is 479 g/mol. The van der Waals surface area contributed by atoms with Crippen LogP contribution in [0.3, 0.4) is 0 Å². The lowest BCUT2D eigenvalue weighted by molar-refractivity contribution is -0.138. The fourth-order valence-corrected chi connectivity index (χ4v) is 4.59. The highest BCUT2D eigenvalue weighted by Gasteiger charge is 2.37. The Bertz CT molecular complexity index is 1270. The van der Waals surface area contributed by atoms with Crippen molar-refractivity contribution in [3.05, 3.63) is 65.0 Å². The van der Waals surface area contributed by atoms with E-state index >= 15 is 4.39 Å². The van der Waals surface area contributed by atoms with Gasteiger partial charge in [0.25, 0.3) is 5.91 Å². The van der Waals surface area contributed by atoms with Crippen LogP contribution in [0.2, 0.25) is 0 Å². The topological polar surface area (TPSA) is 76.1 Å². The lowest BCUT2D eigenvalue weighted by atomic mass is 9.96. The summed E-state index contributed by atoms with van der Waals surface area (Å²) in [6.45, 7) is 6.87. The van der Waals surface area contributed by atoms with Crippen LogP contribution in [0.15, 0.2) is 42.5 Å². The van der Waals surface area contributed by atoms with Crippen LogP contribution in [0, 0.1) is 5.82 Å². The molecule has 3 aromatic carbocycles. The summed E-state index contributed by atoms with van der Waals surface area (Å²) in [6, 6.07) is 12.0. The van der Waals surface area contributed by atoms with Crippen molar-refractivity contribution in [2.45, 2.75) is 52.5 Å². The van der Waals surface area contributed by atoms with Gasteiger partial charge in [-0.1, -0.05) is 51.1 Å². The van der Waals surface area contributed by atoms with Gasteiger partial charge in [-0.05, 0) is 31.4 Å². The summed E-state index contributed by atoms with van der Waals surface area (Å²) in [5.41, 5.74) is 1.62. The van der Waals surface area contributed by atoms with Crippen molar-refractivity contribution >= 4 is 28.3 Å². The number of benzene rings is 3. The van der Waals surface area contributed by atoms with E-state index in [2.05, 4.69) is 0 Å². The molecule has 0 saturated carbocycles. The molecule has 0 aliphatic carbocycles. The van der Waals surface area contributed by atoms with Crippen molar-refractivity contribution in [1.29, 1.82) is 0 Å². The molecule has 0 saturated heterocycles. The first kappa shape index (κ1) is 24.5. The van der Waals surface area contributed by atoms with Gasteiger partial charge >= 0.3 is 5.97 Å². The summed E-state index contributed by atoms with van der Waals surface area (Å²) in [5.74, 6) is -1.80. The molecule has 0 fully saturated rings. The standard InChI is InChI=1S/C28H30FNO5/c1-4-13-34-25-20-9-7-8-10-21(20)26(35-14-5-2)24-22(25)16-30(27(24)31)17-11-12-19(23(29)15-17)18(6-3)28(32)33/h7-12,15,18H,4-6,13-14,16H2,1-3H3,(H,32,33). The Kier molecular flexibility index (Phi) is 7.24. The summed E-state index contributed by atoms with van der Waals surface area (Å²) in [5, 5.41) is 11.1. The third-order valence-electron chi connectivity index (χ3n) is 6.27. The summed E-state index contributed by atoms with van der Waals surface area (Å²) in [7, 11) is 0. The Labute approximate surface area is 204 Å². The zero-order valence-electron chi connectivity index (χ0n) is 20.3. The number of fused-ring (bicyclic) bond motifs is 2. The molecule has 0 bridgehead atoms. The van der Waals surface area contributed by atoms with Gasteiger partial charge in [0.2, 0.25) is 0 Å². The maximum absolute atomic E-state index is 15.0. The second-order valence-corrected chi connectivity index (χ2v) is 8.65. The highest BCUT2D eigenvalue weighted by Crippen LogP contribution is 2.46. The molecule has 6 nitrogen and oxygen atoms in total. The highest BCUT2D eigenvalue weighted by molar-refractivity contribution is 6.16. The third-order valence-corrected chi connectivity index (χ3v) is 6.27. The molecule has 7 heteroatoms. The van der Waals surface area contributed by atoms with E-state index in [9.17, 15) is 14.7 Å². The summed E-state index contributed by atoms with van der Waals surface area (Å²) >= 11 is 0. The van der Waals surface area contributed by atoms with Gasteiger partial charge in [-0.15, -0.1) is 0 Å². The molecule has 1 heterocycles. The fourth-order valence-electron chi connectivity index (χ4n) is 4.59. The number of anilines is 1. The van der Waals surface area contributed by atoms with Crippen molar-refractivity contribution in [3.8, 4) is 11.5 Å². The first-order valence-electron chi connectivity index (χ1n) is 12.1. The van der Waals surface area contributed by atoms with Crippen LogP contribution in [0.4, 0.5) is 10.1 Å². The van der Waals surface area contributed by atoms with Crippen LogP contribution in [0.25, 0.3) is 10.8 Å². The van der Waals surface area contributed by atoms with Gasteiger partial charge in [0.15, 0.2) is 0 Å². The Morgan fingerprint density at radius 2 is 1.66 bits per heavy atom. The maximum atomic E-state index is 15.0. The van der Waals surface area contributed by atoms with Crippen molar-refractivity contribution in [3.63, 3.8) is 0 Å². The lowest BCUT2D eigenvalue weighted by Gasteiger charge is -2.18. The number of aliphatic carboxylic acids is 1. The molecule has 1 atom stereocenters. The summed E-state index contributed by atoms with van der Waals surface area (Å²) in [4.78, 5) is 26.7. The molecule has 35 heavy (non-hydrogen) atoms. The summed E-state index contributed by atoms with van der Waals surface area (Å²) in [6.07, 6.45) is 1.86. The van der Waals surface area contributed by atoms with E-state index in [1.54, 1.807) is 13.0 Å². The van der Waals surface area contributed by atoms with Crippen LogP contribution >= 0.6 is 0 Å². The minimum atomic E-state index is -1.08. The predicted octanol–water partition coefficient (Wildman–Crippen LogP) is 6.30. The molecule has 0 aromatic heterocycles. The fraction of sp³-hybridized carbons (Fsp3) is 0.357. The average Bonchev–Trinajstić information content (AvgIpc) is 3.19. The molecule has 1 unspecified atom stereocenters. The Morgan fingerprint density at radius 1 is 1.03 bits per heavy atom. The van der Waals surface area contributed by atoms with Gasteiger partial charge in [-0.2, -0.15) is 0 Å². The number of hydrogen-bond acceptors (Lipinski definition) is 4. The number of amides is 1. The quantitative estimate of drug-likeness (QED) is 0.370. The number of halogens is 1. The second kappa shape index (κ2) is 10.3. The third kappa shape index (κ3) is 4.43. The SMILES string of the molecule is CCCOc1c2c(c(OCCC)c3ccccc13)C(=O)N(c1ccc(C(CC)C(=O)O)c(F)c1)C2. The smallest absolute Gasteiger partial charge is 0.311 e. The van der Waals surface area contributed by atoms with Gasteiger partial charge in [0.1, 0.15) is 17.3 Å². The minimum Gasteiger partial charge on any atom is -0.493 e. The molecule has 1 aliphatic rings. The maximum Gasteiger partial charge on any atom is 0.311 e. The van der Waals surface area contributed by atoms with Crippen LogP contribution in [0.5, 0.6) is 11.5 Å². The van der Waals surface area contributed by atoms with E-state index in [0.717, 1.165) is 29.2 Å². The number of hydrogen-bond donors (Lipinski definition) is 1. The van der Waals surface area contributed by atoms with E-state index < -0.39 is 17.7 Å². The zero-order valence-corrected chi connectivity index (χ0v) is 20.3. The predicted molar refractivity (Wildman–Crippen MR) is 133 cm³/mol. The van der Waals surface area contributed by atoms with E-state index in [1.807, 2.05) is 38.1 Å². The number of nitrogens with zero attached hydrogens (tertiary/aromatic N) is 1. The molecule has 4 rings (SSSR count). The van der Waals surface area contributed by atoms with Crippen molar-refractivity contribution in [2.75, 3.05) is 18.1 Å². The molecule has 0 spiro atoms. The van der Waals surface area contributed by atoms with E-state index in [1.165, 1.54) is 17.0 Å². The minimum absolute atomic E-state index is 0.109. The molecular formula is C28H30FNO5. The zero-order chi connectivity index (χ0) is 25.1. The first-order chi connectivity index (χ1) is 16.9. The molecule has 3 aromatic rings. The van der Waals surface area contributed by atoms with E-state index in [0.29, 0.717) is 36.0 Å². The van der Waals surface area contributed by atoms with Gasteiger partial charge in [-0.25, -0.2) is 4.39 Å². The highest BCUT2D eigenvalue weighted by atomic mass is 19.1. The molecular weight excluding hydrogens is 449 g/mol. The van der Waals surface area contributed by atoms with Crippen LogP contribution in [-0.2, 0) is 11.3 Å². The molecule has 1 aliphatic heterocycles. The summed E-state index contributed by atoms with van der Waals surface area (Å²) < 4.78 is 27.3. The van der Waals surface area contributed by atoms with Crippen molar-refractivity contribution < 1.29 is 28.6 Å². The first-order valence-corrected chi connectivity index (χ1v) is 12.1. The number of carbonyl (C=O) groups excluding carboxylic acids is 1. The lowest BCUT2D eigenvalue weighted by Crippen LogP contribution is -2.24. The molecule has 1 N–H and O–H groups in total. The normalized spacial score (nSPS) is 13.7. The van der Waals surface area contributed by atoms with Crippen molar-refractivity contribution in [2.24, 2.45) is 0 Å². The van der Waals surface area contributed by atoms with Crippen LogP contribution in [0.1, 0.15) is 67.4 Å². The molecule has 1 amide bonds. The van der Waals surface area contributed by atoms with E-state index in [4.69, 9.17) is 9.47 Å².